The lowest BCUT2D eigenvalue weighted by Gasteiger charge is -2.03. The highest BCUT2D eigenvalue weighted by Gasteiger charge is 2.18. The number of hydrogen-bond acceptors (Lipinski definition) is 3. The number of halogens is 2. The van der Waals surface area contributed by atoms with E-state index in [1.165, 1.54) is 18.5 Å². The molecule has 7 heteroatoms. The number of carbonyl (C=O) groups is 2. The second-order valence-electron chi connectivity index (χ2n) is 4.93. The van der Waals surface area contributed by atoms with Gasteiger partial charge in [0.05, 0.1) is 21.9 Å². The summed E-state index contributed by atoms with van der Waals surface area (Å²) in [6.45, 7) is 0. The van der Waals surface area contributed by atoms with Gasteiger partial charge in [0, 0.05) is 23.5 Å². The number of pyridine rings is 1. The lowest BCUT2D eigenvalue weighted by molar-refractivity contribution is 0.102. The molecule has 24 heavy (non-hydrogen) atoms. The van der Waals surface area contributed by atoms with Crippen molar-refractivity contribution in [2.24, 2.45) is 0 Å². The van der Waals surface area contributed by atoms with Crippen LogP contribution < -0.4 is 5.32 Å². The van der Waals surface area contributed by atoms with E-state index in [2.05, 4.69) is 15.3 Å². The van der Waals surface area contributed by atoms with Crippen molar-refractivity contribution in [3.63, 3.8) is 0 Å². The van der Waals surface area contributed by atoms with Crippen molar-refractivity contribution in [1.29, 1.82) is 0 Å². The van der Waals surface area contributed by atoms with Crippen LogP contribution in [0.2, 0.25) is 10.0 Å². The third-order valence-electron chi connectivity index (χ3n) is 3.31. The molecular formula is C17H11Cl2N3O2. The zero-order valence-electron chi connectivity index (χ0n) is 12.2. The van der Waals surface area contributed by atoms with Gasteiger partial charge in [0.2, 0.25) is 0 Å². The van der Waals surface area contributed by atoms with E-state index in [1.807, 2.05) is 0 Å². The lowest BCUT2D eigenvalue weighted by atomic mass is 10.1. The molecule has 1 aromatic carbocycles. The molecule has 0 aliphatic carbocycles. The molecular weight excluding hydrogens is 349 g/mol. The summed E-state index contributed by atoms with van der Waals surface area (Å²) in [5, 5.41) is 3.17. The van der Waals surface area contributed by atoms with Gasteiger partial charge in [-0.2, -0.15) is 0 Å². The van der Waals surface area contributed by atoms with Crippen LogP contribution in [0, 0.1) is 0 Å². The summed E-state index contributed by atoms with van der Waals surface area (Å²) in [4.78, 5) is 31.4. The van der Waals surface area contributed by atoms with Crippen molar-refractivity contribution in [3.05, 3.63) is 81.9 Å². The number of rotatable bonds is 4. The van der Waals surface area contributed by atoms with Crippen LogP contribution in [0.3, 0.4) is 0 Å². The molecule has 0 spiro atoms. The van der Waals surface area contributed by atoms with Crippen molar-refractivity contribution >= 4 is 40.6 Å². The van der Waals surface area contributed by atoms with E-state index in [0.29, 0.717) is 16.3 Å². The van der Waals surface area contributed by atoms with Gasteiger partial charge in [0.1, 0.15) is 5.69 Å². The number of anilines is 1. The Kier molecular flexibility index (Phi) is 4.64. The zero-order valence-corrected chi connectivity index (χ0v) is 13.7. The fraction of sp³-hybridized carbons (Fsp3) is 0. The summed E-state index contributed by atoms with van der Waals surface area (Å²) in [6.07, 6.45) is 4.59. The van der Waals surface area contributed by atoms with Gasteiger partial charge in [0.25, 0.3) is 5.91 Å². The van der Waals surface area contributed by atoms with E-state index in [-0.39, 0.29) is 28.0 Å². The fourth-order valence-corrected chi connectivity index (χ4v) is 2.51. The van der Waals surface area contributed by atoms with Crippen LogP contribution in [0.15, 0.2) is 55.0 Å². The number of H-pyrrole nitrogens is 1. The Balaban J connectivity index is 1.81. The smallest absolute Gasteiger partial charge is 0.272 e. The summed E-state index contributed by atoms with van der Waals surface area (Å²) >= 11 is 12.0. The van der Waals surface area contributed by atoms with Crippen LogP contribution in [0.1, 0.15) is 26.4 Å². The van der Waals surface area contributed by atoms with Crippen LogP contribution >= 0.6 is 23.2 Å². The summed E-state index contributed by atoms with van der Waals surface area (Å²) in [7, 11) is 0. The zero-order chi connectivity index (χ0) is 17.1. The number of amides is 1. The Morgan fingerprint density at radius 2 is 1.96 bits per heavy atom. The van der Waals surface area contributed by atoms with E-state index >= 15 is 0 Å². The van der Waals surface area contributed by atoms with Crippen LogP contribution in [-0.2, 0) is 0 Å². The molecule has 1 amide bonds. The van der Waals surface area contributed by atoms with E-state index in [9.17, 15) is 9.59 Å². The number of aromatic nitrogens is 2. The molecule has 0 radical (unpaired) electrons. The molecule has 120 valence electrons. The molecule has 2 N–H and O–H groups in total. The molecule has 3 aromatic rings. The van der Waals surface area contributed by atoms with Crippen LogP contribution in [0.4, 0.5) is 5.69 Å². The minimum Gasteiger partial charge on any atom is -0.356 e. The Morgan fingerprint density at radius 1 is 1.12 bits per heavy atom. The molecule has 0 atom stereocenters. The minimum atomic E-state index is -0.376. The number of benzene rings is 1. The van der Waals surface area contributed by atoms with Gasteiger partial charge in [-0.3, -0.25) is 14.6 Å². The number of nitrogens with one attached hydrogen (secondary N) is 2. The highest BCUT2D eigenvalue weighted by Crippen LogP contribution is 2.27. The quantitative estimate of drug-likeness (QED) is 0.685. The average Bonchev–Trinajstić information content (AvgIpc) is 3.08. The van der Waals surface area contributed by atoms with Crippen molar-refractivity contribution in [3.8, 4) is 0 Å². The largest absolute Gasteiger partial charge is 0.356 e. The van der Waals surface area contributed by atoms with E-state index in [1.54, 1.807) is 36.5 Å². The summed E-state index contributed by atoms with van der Waals surface area (Å²) in [6, 6.07) is 9.71. The number of carbonyl (C=O) groups excluding carboxylic acids is 2. The van der Waals surface area contributed by atoms with Gasteiger partial charge in [-0.05, 0) is 30.3 Å². The summed E-state index contributed by atoms with van der Waals surface area (Å²) < 4.78 is 0. The molecule has 0 aliphatic rings. The molecule has 0 fully saturated rings. The SMILES string of the molecule is O=C(Nc1cccnc1)c1cc(C(=O)c2cccc(Cl)c2Cl)c[nH]1. The van der Waals surface area contributed by atoms with E-state index < -0.39 is 0 Å². The van der Waals surface area contributed by atoms with Crippen molar-refractivity contribution < 1.29 is 9.59 Å². The number of ketones is 1. The lowest BCUT2D eigenvalue weighted by Crippen LogP contribution is -2.12. The normalized spacial score (nSPS) is 10.4. The minimum absolute atomic E-state index is 0.187. The predicted octanol–water partition coefficient (Wildman–Crippen LogP) is 4.20. The van der Waals surface area contributed by atoms with Crippen molar-refractivity contribution in [2.75, 3.05) is 5.32 Å². The van der Waals surface area contributed by atoms with E-state index in [0.717, 1.165) is 0 Å². The molecule has 0 aliphatic heterocycles. The third kappa shape index (κ3) is 3.32. The molecule has 0 unspecified atom stereocenters. The van der Waals surface area contributed by atoms with Crippen LogP contribution in [0.25, 0.3) is 0 Å². The fourth-order valence-electron chi connectivity index (χ4n) is 2.13. The molecule has 2 aromatic heterocycles. The Bertz CT molecular complexity index is 907. The third-order valence-corrected chi connectivity index (χ3v) is 4.12. The highest BCUT2D eigenvalue weighted by atomic mass is 35.5. The monoisotopic (exact) mass is 359 g/mol. The first-order chi connectivity index (χ1) is 11.6. The van der Waals surface area contributed by atoms with Crippen molar-refractivity contribution in [1.82, 2.24) is 9.97 Å². The van der Waals surface area contributed by atoms with Gasteiger partial charge in [-0.15, -0.1) is 0 Å². The van der Waals surface area contributed by atoms with Crippen molar-refractivity contribution in [2.45, 2.75) is 0 Å². The molecule has 3 rings (SSSR count). The summed E-state index contributed by atoms with van der Waals surface area (Å²) in [5.74, 6) is -0.696. The number of nitrogens with zero attached hydrogens (tertiary/aromatic N) is 1. The first-order valence-corrected chi connectivity index (χ1v) is 7.70. The maximum Gasteiger partial charge on any atom is 0.272 e. The molecule has 5 nitrogen and oxygen atoms in total. The predicted molar refractivity (Wildman–Crippen MR) is 92.9 cm³/mol. The Hall–Kier alpha value is -2.63. The standard InChI is InChI=1S/C17H11Cl2N3O2/c18-13-5-1-4-12(15(13)19)16(23)10-7-14(21-8-10)17(24)22-11-3-2-6-20-9-11/h1-9,21H,(H,22,24). The Labute approximate surface area is 147 Å². The van der Waals surface area contributed by atoms with Gasteiger partial charge >= 0.3 is 0 Å². The van der Waals surface area contributed by atoms with E-state index in [4.69, 9.17) is 23.2 Å². The maximum atomic E-state index is 12.5. The second kappa shape index (κ2) is 6.86. The molecule has 2 heterocycles. The number of hydrogen-bond donors (Lipinski definition) is 2. The summed E-state index contributed by atoms with van der Waals surface area (Å²) in [5.41, 5.74) is 1.40. The second-order valence-corrected chi connectivity index (χ2v) is 5.71. The van der Waals surface area contributed by atoms with Crippen LogP contribution in [-0.4, -0.2) is 21.7 Å². The molecule has 0 saturated carbocycles. The van der Waals surface area contributed by atoms with Gasteiger partial charge < -0.3 is 10.3 Å². The van der Waals surface area contributed by atoms with Gasteiger partial charge in [0.15, 0.2) is 5.78 Å². The highest BCUT2D eigenvalue weighted by molar-refractivity contribution is 6.44. The first-order valence-electron chi connectivity index (χ1n) is 6.95. The average molecular weight is 360 g/mol. The van der Waals surface area contributed by atoms with Gasteiger partial charge in [-0.1, -0.05) is 29.3 Å². The Morgan fingerprint density at radius 3 is 2.71 bits per heavy atom. The topological polar surface area (TPSA) is 74.8 Å². The molecule has 0 bridgehead atoms. The first kappa shape index (κ1) is 16.2. The van der Waals surface area contributed by atoms with Crippen LogP contribution in [0.5, 0.6) is 0 Å². The van der Waals surface area contributed by atoms with Gasteiger partial charge in [-0.25, -0.2) is 0 Å². The maximum absolute atomic E-state index is 12.5. The number of aromatic amines is 1. The molecule has 0 saturated heterocycles.